The third-order valence-electron chi connectivity index (χ3n) is 5.29. The number of aromatic nitrogens is 5. The molecule has 0 bridgehead atoms. The summed E-state index contributed by atoms with van der Waals surface area (Å²) >= 11 is 0. The lowest BCUT2D eigenvalue weighted by atomic mass is 9.97. The standard InChI is InChI=1S/C21H21FN6O2/c1-21(2,3)20-23-10-16(30-20)19(29)27-8-6-13-17(25-11-24-13)18(27)14-9-15-12(22)5-4-7-28(15)26-14/h4-5,7,9-11,18H,6,8H2,1-3H3,(H,24,25)/t18-/m1/s1. The van der Waals surface area contributed by atoms with Gasteiger partial charge in [0.05, 0.1) is 23.9 Å². The number of nitrogens with zero attached hydrogens (tertiary/aromatic N) is 5. The number of hydrogen-bond donors (Lipinski definition) is 1. The number of aromatic amines is 1. The molecule has 1 N–H and O–H groups in total. The van der Waals surface area contributed by atoms with E-state index in [0.717, 1.165) is 5.69 Å². The molecule has 1 amide bonds. The molecule has 4 aromatic rings. The Balaban J connectivity index is 1.59. The number of pyridine rings is 1. The third-order valence-corrected chi connectivity index (χ3v) is 5.29. The van der Waals surface area contributed by atoms with E-state index in [1.807, 2.05) is 20.8 Å². The smallest absolute Gasteiger partial charge is 0.292 e. The number of halogens is 1. The van der Waals surface area contributed by atoms with Crippen molar-refractivity contribution in [1.29, 1.82) is 0 Å². The lowest BCUT2D eigenvalue weighted by Gasteiger charge is -2.33. The molecule has 1 atom stereocenters. The van der Waals surface area contributed by atoms with Crippen molar-refractivity contribution >= 4 is 11.4 Å². The van der Waals surface area contributed by atoms with E-state index in [4.69, 9.17) is 4.42 Å². The van der Waals surface area contributed by atoms with Crippen LogP contribution < -0.4 is 0 Å². The number of imidazole rings is 1. The van der Waals surface area contributed by atoms with Crippen molar-refractivity contribution in [3.63, 3.8) is 0 Å². The molecule has 0 saturated carbocycles. The summed E-state index contributed by atoms with van der Waals surface area (Å²) in [7, 11) is 0. The highest BCUT2D eigenvalue weighted by atomic mass is 19.1. The number of fused-ring (bicyclic) bond motifs is 2. The van der Waals surface area contributed by atoms with Crippen LogP contribution in [0.15, 0.2) is 41.3 Å². The molecule has 9 heteroatoms. The van der Waals surface area contributed by atoms with Crippen LogP contribution in [-0.2, 0) is 11.8 Å². The highest BCUT2D eigenvalue weighted by Crippen LogP contribution is 2.35. The van der Waals surface area contributed by atoms with Gasteiger partial charge in [-0.3, -0.25) is 4.79 Å². The first-order valence-electron chi connectivity index (χ1n) is 9.76. The fourth-order valence-electron chi connectivity index (χ4n) is 3.79. The van der Waals surface area contributed by atoms with Gasteiger partial charge in [-0.1, -0.05) is 20.8 Å². The van der Waals surface area contributed by atoms with Crippen molar-refractivity contribution in [1.82, 2.24) is 29.5 Å². The Morgan fingerprint density at radius 1 is 1.33 bits per heavy atom. The SMILES string of the molecule is CC(C)(C)c1ncc(C(=O)N2CCc3[nH]cnc3[C@H]2c2cc3c(F)cccn3n2)o1. The summed E-state index contributed by atoms with van der Waals surface area (Å²) in [6.45, 7) is 6.36. The fraction of sp³-hybridized carbons (Fsp3) is 0.333. The second-order valence-corrected chi connectivity index (χ2v) is 8.45. The quantitative estimate of drug-likeness (QED) is 0.550. The molecule has 5 rings (SSSR count). The predicted octanol–water partition coefficient (Wildman–Crippen LogP) is 3.27. The molecule has 4 aromatic heterocycles. The van der Waals surface area contributed by atoms with Crippen LogP contribution in [0, 0.1) is 5.82 Å². The minimum atomic E-state index is -0.560. The minimum Gasteiger partial charge on any atom is -0.435 e. The maximum Gasteiger partial charge on any atom is 0.292 e. The Kier molecular flexibility index (Phi) is 4.02. The van der Waals surface area contributed by atoms with Crippen LogP contribution in [0.25, 0.3) is 5.52 Å². The molecule has 0 saturated heterocycles. The maximum absolute atomic E-state index is 14.3. The van der Waals surface area contributed by atoms with Crippen LogP contribution in [0.3, 0.4) is 0 Å². The van der Waals surface area contributed by atoms with Gasteiger partial charge in [-0.05, 0) is 18.2 Å². The summed E-state index contributed by atoms with van der Waals surface area (Å²) in [4.78, 5) is 26.9. The van der Waals surface area contributed by atoms with Crippen LogP contribution in [0.5, 0.6) is 0 Å². The number of H-pyrrole nitrogens is 1. The summed E-state index contributed by atoms with van der Waals surface area (Å²) < 4.78 is 21.5. The van der Waals surface area contributed by atoms with Gasteiger partial charge in [0.1, 0.15) is 17.4 Å². The van der Waals surface area contributed by atoms with E-state index in [2.05, 4.69) is 20.1 Å². The number of carbonyl (C=O) groups is 1. The van der Waals surface area contributed by atoms with E-state index < -0.39 is 6.04 Å². The topological polar surface area (TPSA) is 92.3 Å². The summed E-state index contributed by atoms with van der Waals surface area (Å²) in [5.74, 6) is -0.0139. The zero-order chi connectivity index (χ0) is 21.0. The lowest BCUT2D eigenvalue weighted by molar-refractivity contribution is 0.0650. The van der Waals surface area contributed by atoms with Crippen molar-refractivity contribution in [2.24, 2.45) is 0 Å². The largest absolute Gasteiger partial charge is 0.435 e. The molecule has 0 fully saturated rings. The lowest BCUT2D eigenvalue weighted by Crippen LogP contribution is -2.40. The highest BCUT2D eigenvalue weighted by molar-refractivity contribution is 5.92. The van der Waals surface area contributed by atoms with Crippen molar-refractivity contribution in [3.05, 3.63) is 71.5 Å². The van der Waals surface area contributed by atoms with E-state index >= 15 is 0 Å². The maximum atomic E-state index is 14.3. The number of hydrogen-bond acceptors (Lipinski definition) is 5. The summed E-state index contributed by atoms with van der Waals surface area (Å²) in [6.07, 6.45) is 5.37. The Morgan fingerprint density at radius 2 is 2.17 bits per heavy atom. The van der Waals surface area contributed by atoms with Crippen molar-refractivity contribution in [2.75, 3.05) is 6.54 Å². The van der Waals surface area contributed by atoms with Gasteiger partial charge in [0, 0.05) is 30.3 Å². The van der Waals surface area contributed by atoms with Gasteiger partial charge in [-0.2, -0.15) is 5.10 Å². The van der Waals surface area contributed by atoms with E-state index in [1.54, 1.807) is 29.6 Å². The van der Waals surface area contributed by atoms with E-state index in [1.165, 1.54) is 16.8 Å². The zero-order valence-electron chi connectivity index (χ0n) is 16.9. The first kappa shape index (κ1) is 18.5. The summed E-state index contributed by atoms with van der Waals surface area (Å²) in [5.41, 5.74) is 2.21. The average molecular weight is 408 g/mol. The van der Waals surface area contributed by atoms with Crippen molar-refractivity contribution in [2.45, 2.75) is 38.6 Å². The van der Waals surface area contributed by atoms with Crippen LogP contribution in [0.1, 0.15) is 60.3 Å². The van der Waals surface area contributed by atoms with Gasteiger partial charge in [0.15, 0.2) is 0 Å². The number of carbonyl (C=O) groups excluding carboxylic acids is 1. The molecule has 1 aliphatic heterocycles. The molecule has 0 aromatic carbocycles. The van der Waals surface area contributed by atoms with Crippen molar-refractivity contribution in [3.8, 4) is 0 Å². The number of oxazole rings is 1. The summed E-state index contributed by atoms with van der Waals surface area (Å²) in [6, 6.07) is 4.07. The molecule has 5 heterocycles. The molecular formula is C21H21FN6O2. The second-order valence-electron chi connectivity index (χ2n) is 8.45. The van der Waals surface area contributed by atoms with Gasteiger partial charge in [0.25, 0.3) is 5.91 Å². The van der Waals surface area contributed by atoms with Crippen LogP contribution in [-0.4, -0.2) is 41.9 Å². The van der Waals surface area contributed by atoms with E-state index in [-0.39, 0.29) is 22.9 Å². The first-order valence-corrected chi connectivity index (χ1v) is 9.76. The molecule has 1 aliphatic rings. The van der Waals surface area contributed by atoms with Gasteiger partial charge < -0.3 is 14.3 Å². The third kappa shape index (κ3) is 2.89. The van der Waals surface area contributed by atoms with Gasteiger partial charge in [-0.15, -0.1) is 0 Å². The highest BCUT2D eigenvalue weighted by Gasteiger charge is 2.38. The minimum absolute atomic E-state index is 0.166. The van der Waals surface area contributed by atoms with Gasteiger partial charge >= 0.3 is 0 Å². The number of amides is 1. The zero-order valence-corrected chi connectivity index (χ0v) is 16.9. The first-order chi connectivity index (χ1) is 14.3. The molecule has 30 heavy (non-hydrogen) atoms. The average Bonchev–Trinajstić information content (AvgIpc) is 3.44. The number of nitrogens with one attached hydrogen (secondary N) is 1. The molecule has 154 valence electrons. The molecule has 0 aliphatic carbocycles. The Hall–Kier alpha value is -3.49. The fourth-order valence-corrected chi connectivity index (χ4v) is 3.79. The molecule has 0 spiro atoms. The number of rotatable bonds is 2. The monoisotopic (exact) mass is 408 g/mol. The Morgan fingerprint density at radius 3 is 2.90 bits per heavy atom. The molecule has 0 unspecified atom stereocenters. The van der Waals surface area contributed by atoms with Crippen LogP contribution in [0.4, 0.5) is 4.39 Å². The molecule has 8 nitrogen and oxygen atoms in total. The van der Waals surface area contributed by atoms with Gasteiger partial charge in [-0.25, -0.2) is 18.9 Å². The molecule has 0 radical (unpaired) electrons. The summed E-state index contributed by atoms with van der Waals surface area (Å²) in [5, 5.41) is 4.53. The predicted molar refractivity (Wildman–Crippen MR) is 106 cm³/mol. The van der Waals surface area contributed by atoms with E-state index in [0.29, 0.717) is 35.8 Å². The Bertz CT molecular complexity index is 1250. The van der Waals surface area contributed by atoms with Gasteiger partial charge in [0.2, 0.25) is 11.7 Å². The van der Waals surface area contributed by atoms with Crippen molar-refractivity contribution < 1.29 is 13.6 Å². The normalized spacial score (nSPS) is 16.8. The molecular weight excluding hydrogens is 387 g/mol. The Labute approximate surface area is 171 Å². The van der Waals surface area contributed by atoms with Crippen LogP contribution in [0.2, 0.25) is 0 Å². The van der Waals surface area contributed by atoms with E-state index in [9.17, 15) is 9.18 Å². The van der Waals surface area contributed by atoms with Crippen LogP contribution >= 0.6 is 0 Å². The second kappa shape index (κ2) is 6.51.